The highest BCUT2D eigenvalue weighted by Gasteiger charge is 2.07. The van der Waals surface area contributed by atoms with Gasteiger partial charge in [-0.1, -0.05) is 30.4 Å². The van der Waals surface area contributed by atoms with Crippen molar-refractivity contribution in [2.75, 3.05) is 13.2 Å². The zero-order chi connectivity index (χ0) is 11.1. The molecule has 1 aliphatic carbocycles. The summed E-state index contributed by atoms with van der Waals surface area (Å²) < 4.78 is 5.62. The van der Waals surface area contributed by atoms with E-state index in [2.05, 4.69) is 17.5 Å². The molecule has 1 unspecified atom stereocenters. The van der Waals surface area contributed by atoms with E-state index in [9.17, 15) is 0 Å². The Morgan fingerprint density at radius 2 is 2.06 bits per heavy atom. The third-order valence-corrected chi connectivity index (χ3v) is 2.82. The highest BCUT2D eigenvalue weighted by Crippen LogP contribution is 2.10. The van der Waals surface area contributed by atoms with Crippen molar-refractivity contribution in [2.24, 2.45) is 0 Å². The van der Waals surface area contributed by atoms with Crippen LogP contribution in [0.25, 0.3) is 0 Å². The van der Waals surface area contributed by atoms with Crippen LogP contribution in [0.3, 0.4) is 0 Å². The van der Waals surface area contributed by atoms with Crippen LogP contribution < -0.4 is 10.1 Å². The first kappa shape index (κ1) is 11.2. The first-order valence-electron chi connectivity index (χ1n) is 6.01. The average Bonchev–Trinajstić information content (AvgIpc) is 2.37. The van der Waals surface area contributed by atoms with E-state index in [1.807, 2.05) is 30.3 Å². The summed E-state index contributed by atoms with van der Waals surface area (Å²) in [6.45, 7) is 1.66. The summed E-state index contributed by atoms with van der Waals surface area (Å²) in [6.07, 6.45) is 8.14. The molecule has 0 heterocycles. The molecule has 1 N–H and O–H groups in total. The summed E-state index contributed by atoms with van der Waals surface area (Å²) >= 11 is 0. The molecule has 0 radical (unpaired) electrons. The van der Waals surface area contributed by atoms with Crippen molar-refractivity contribution in [2.45, 2.75) is 25.3 Å². The minimum absolute atomic E-state index is 0.643. The lowest BCUT2D eigenvalue weighted by atomic mass is 10.0. The van der Waals surface area contributed by atoms with E-state index in [-0.39, 0.29) is 0 Å². The molecule has 2 heteroatoms. The molecule has 0 aliphatic heterocycles. The van der Waals surface area contributed by atoms with Gasteiger partial charge >= 0.3 is 0 Å². The molecule has 0 bridgehead atoms. The average molecular weight is 217 g/mol. The SMILES string of the molecule is C1=CCC(NCCOc2ccccc2)CC1. The van der Waals surface area contributed by atoms with Crippen LogP contribution in [0.2, 0.25) is 0 Å². The van der Waals surface area contributed by atoms with Crippen molar-refractivity contribution in [3.05, 3.63) is 42.5 Å². The Morgan fingerprint density at radius 3 is 2.81 bits per heavy atom. The van der Waals surface area contributed by atoms with E-state index in [0.29, 0.717) is 6.04 Å². The number of benzene rings is 1. The van der Waals surface area contributed by atoms with Crippen LogP contribution in [0.15, 0.2) is 42.5 Å². The van der Waals surface area contributed by atoms with E-state index >= 15 is 0 Å². The Morgan fingerprint density at radius 1 is 1.19 bits per heavy atom. The second-order valence-electron chi connectivity index (χ2n) is 4.10. The molecule has 0 amide bonds. The van der Waals surface area contributed by atoms with Crippen LogP contribution in [0.4, 0.5) is 0 Å². The van der Waals surface area contributed by atoms with Gasteiger partial charge in [-0.15, -0.1) is 0 Å². The highest BCUT2D eigenvalue weighted by molar-refractivity contribution is 5.20. The molecule has 0 saturated carbocycles. The molecule has 0 fully saturated rings. The summed E-state index contributed by atoms with van der Waals surface area (Å²) in [5, 5.41) is 3.52. The van der Waals surface area contributed by atoms with Crippen LogP contribution >= 0.6 is 0 Å². The van der Waals surface area contributed by atoms with Crippen molar-refractivity contribution >= 4 is 0 Å². The molecular formula is C14H19NO. The van der Waals surface area contributed by atoms with E-state index in [0.717, 1.165) is 25.3 Å². The molecule has 16 heavy (non-hydrogen) atoms. The lowest BCUT2D eigenvalue weighted by molar-refractivity contribution is 0.302. The number of allylic oxidation sites excluding steroid dienone is 1. The standard InChI is InChI=1S/C14H19NO/c1-3-7-13(8-4-1)15-11-12-16-14-9-5-2-6-10-14/h1-3,5-6,9-10,13,15H,4,7-8,11-12H2. The number of nitrogens with one attached hydrogen (secondary N) is 1. The van der Waals surface area contributed by atoms with Crippen LogP contribution in [0, 0.1) is 0 Å². The van der Waals surface area contributed by atoms with Gasteiger partial charge in [0.05, 0.1) is 0 Å². The van der Waals surface area contributed by atoms with E-state index in [1.165, 1.54) is 12.8 Å². The smallest absolute Gasteiger partial charge is 0.119 e. The number of hydrogen-bond acceptors (Lipinski definition) is 2. The van der Waals surface area contributed by atoms with Gasteiger partial charge in [0.2, 0.25) is 0 Å². The zero-order valence-corrected chi connectivity index (χ0v) is 9.56. The third-order valence-electron chi connectivity index (χ3n) is 2.82. The van der Waals surface area contributed by atoms with Crippen LogP contribution in [-0.4, -0.2) is 19.2 Å². The fourth-order valence-electron chi connectivity index (χ4n) is 1.93. The lowest BCUT2D eigenvalue weighted by Crippen LogP contribution is -2.33. The quantitative estimate of drug-likeness (QED) is 0.605. The molecule has 0 saturated heterocycles. The van der Waals surface area contributed by atoms with Crippen molar-refractivity contribution in [1.29, 1.82) is 0 Å². The van der Waals surface area contributed by atoms with Crippen LogP contribution in [0.1, 0.15) is 19.3 Å². The molecule has 2 nitrogen and oxygen atoms in total. The summed E-state index contributed by atoms with van der Waals surface area (Å²) in [5.41, 5.74) is 0. The number of para-hydroxylation sites is 1. The molecule has 86 valence electrons. The van der Waals surface area contributed by atoms with Gasteiger partial charge < -0.3 is 10.1 Å². The normalized spacial score (nSPS) is 19.6. The number of ether oxygens (including phenoxy) is 1. The number of hydrogen-bond donors (Lipinski definition) is 1. The van der Waals surface area contributed by atoms with Gasteiger partial charge in [-0.2, -0.15) is 0 Å². The monoisotopic (exact) mass is 217 g/mol. The first-order chi connectivity index (χ1) is 7.95. The van der Waals surface area contributed by atoms with Gasteiger partial charge in [0, 0.05) is 12.6 Å². The molecule has 1 atom stereocenters. The van der Waals surface area contributed by atoms with E-state index in [1.54, 1.807) is 0 Å². The van der Waals surface area contributed by atoms with E-state index < -0.39 is 0 Å². The highest BCUT2D eigenvalue weighted by atomic mass is 16.5. The Kier molecular flexibility index (Phi) is 4.44. The minimum Gasteiger partial charge on any atom is -0.492 e. The van der Waals surface area contributed by atoms with Gasteiger partial charge in [0.25, 0.3) is 0 Å². The van der Waals surface area contributed by atoms with Gasteiger partial charge in [-0.3, -0.25) is 0 Å². The van der Waals surface area contributed by atoms with Crippen molar-refractivity contribution in [3.8, 4) is 5.75 Å². The van der Waals surface area contributed by atoms with Gasteiger partial charge in [0.15, 0.2) is 0 Å². The predicted molar refractivity (Wildman–Crippen MR) is 66.7 cm³/mol. The lowest BCUT2D eigenvalue weighted by Gasteiger charge is -2.19. The number of rotatable bonds is 5. The molecule has 1 aromatic rings. The Hall–Kier alpha value is -1.28. The topological polar surface area (TPSA) is 21.3 Å². The minimum atomic E-state index is 0.643. The molecule has 1 aromatic carbocycles. The maximum atomic E-state index is 5.62. The molecule has 1 aliphatic rings. The van der Waals surface area contributed by atoms with Gasteiger partial charge in [0.1, 0.15) is 12.4 Å². The Bertz CT molecular complexity index is 321. The Labute approximate surface area is 97.3 Å². The fourth-order valence-corrected chi connectivity index (χ4v) is 1.93. The molecule has 0 aromatic heterocycles. The maximum absolute atomic E-state index is 5.62. The second kappa shape index (κ2) is 6.33. The zero-order valence-electron chi connectivity index (χ0n) is 9.56. The van der Waals surface area contributed by atoms with Gasteiger partial charge in [-0.05, 0) is 31.4 Å². The molecule has 2 rings (SSSR count). The van der Waals surface area contributed by atoms with Crippen LogP contribution in [0.5, 0.6) is 5.75 Å². The molecular weight excluding hydrogens is 198 g/mol. The summed E-state index contributed by atoms with van der Waals surface area (Å²) in [4.78, 5) is 0. The van der Waals surface area contributed by atoms with Crippen molar-refractivity contribution in [1.82, 2.24) is 5.32 Å². The third kappa shape index (κ3) is 3.70. The first-order valence-corrected chi connectivity index (χ1v) is 6.01. The van der Waals surface area contributed by atoms with Crippen molar-refractivity contribution < 1.29 is 4.74 Å². The summed E-state index contributed by atoms with van der Waals surface area (Å²) in [7, 11) is 0. The summed E-state index contributed by atoms with van der Waals surface area (Å²) in [5.74, 6) is 0.952. The molecule has 0 spiro atoms. The van der Waals surface area contributed by atoms with Gasteiger partial charge in [-0.25, -0.2) is 0 Å². The fraction of sp³-hybridized carbons (Fsp3) is 0.429. The Balaban J connectivity index is 1.60. The van der Waals surface area contributed by atoms with E-state index in [4.69, 9.17) is 4.74 Å². The van der Waals surface area contributed by atoms with Crippen molar-refractivity contribution in [3.63, 3.8) is 0 Å². The summed E-state index contributed by atoms with van der Waals surface area (Å²) in [6, 6.07) is 10.6. The maximum Gasteiger partial charge on any atom is 0.119 e. The van der Waals surface area contributed by atoms with Crippen LogP contribution in [-0.2, 0) is 0 Å². The second-order valence-corrected chi connectivity index (χ2v) is 4.10. The predicted octanol–water partition coefficient (Wildman–Crippen LogP) is 2.76. The largest absolute Gasteiger partial charge is 0.492 e.